The van der Waals surface area contributed by atoms with Crippen LogP contribution >= 0.6 is 0 Å². The number of morpholine rings is 1. The highest BCUT2D eigenvalue weighted by Gasteiger charge is 2.32. The van der Waals surface area contributed by atoms with Gasteiger partial charge in [-0.1, -0.05) is 5.16 Å². The molecule has 3 heterocycles. The average molecular weight is 331 g/mol. The zero-order chi connectivity index (χ0) is 16.7. The number of aryl methyl sites for hydroxylation is 2. The molecule has 1 saturated heterocycles. The summed E-state index contributed by atoms with van der Waals surface area (Å²) in [7, 11) is 0. The van der Waals surface area contributed by atoms with E-state index in [1.54, 1.807) is 0 Å². The summed E-state index contributed by atoms with van der Waals surface area (Å²) in [6.45, 7) is 9.47. The van der Waals surface area contributed by atoms with Gasteiger partial charge in [-0.3, -0.25) is 9.58 Å². The second-order valence-electron chi connectivity index (χ2n) is 7.04. The molecule has 130 valence electrons. The van der Waals surface area contributed by atoms with Crippen LogP contribution < -0.4 is 0 Å². The zero-order valence-electron chi connectivity index (χ0n) is 14.6. The van der Waals surface area contributed by atoms with E-state index in [0.29, 0.717) is 5.92 Å². The van der Waals surface area contributed by atoms with Gasteiger partial charge in [-0.15, -0.1) is 0 Å². The lowest BCUT2D eigenvalue weighted by Gasteiger charge is -2.35. The molecule has 2 fully saturated rings. The topological polar surface area (TPSA) is 69.2 Å². The van der Waals surface area contributed by atoms with Crippen LogP contribution in [-0.4, -0.2) is 50.6 Å². The van der Waals surface area contributed by atoms with Gasteiger partial charge in [-0.25, -0.2) is 0 Å². The molecule has 1 aliphatic carbocycles. The lowest BCUT2D eigenvalue weighted by Crippen LogP contribution is -2.45. The molecule has 1 aliphatic heterocycles. The van der Waals surface area contributed by atoms with Crippen molar-refractivity contribution in [3.8, 4) is 0 Å². The molecule has 4 rings (SSSR count). The maximum absolute atomic E-state index is 5.95. The van der Waals surface area contributed by atoms with Crippen LogP contribution in [-0.2, 0) is 11.3 Å². The maximum Gasteiger partial charge on any atom is 0.243 e. The number of hydrogen-bond acceptors (Lipinski definition) is 6. The Morgan fingerprint density at radius 3 is 2.88 bits per heavy atom. The summed E-state index contributed by atoms with van der Waals surface area (Å²) in [5.74, 6) is 2.13. The smallest absolute Gasteiger partial charge is 0.243 e. The molecule has 7 nitrogen and oxygen atoms in total. The molecule has 2 aromatic rings. The molecule has 0 N–H and O–H groups in total. The van der Waals surface area contributed by atoms with Crippen molar-refractivity contribution in [3.05, 3.63) is 29.2 Å². The average Bonchev–Trinajstić information content (AvgIpc) is 3.22. The van der Waals surface area contributed by atoms with Gasteiger partial charge < -0.3 is 9.26 Å². The van der Waals surface area contributed by atoms with Gasteiger partial charge >= 0.3 is 0 Å². The van der Waals surface area contributed by atoms with Crippen molar-refractivity contribution in [3.63, 3.8) is 0 Å². The number of ether oxygens (including phenoxy) is 1. The van der Waals surface area contributed by atoms with Crippen molar-refractivity contribution < 1.29 is 9.26 Å². The highest BCUT2D eigenvalue weighted by atomic mass is 16.5. The van der Waals surface area contributed by atoms with E-state index in [1.807, 2.05) is 11.6 Å². The molecule has 0 amide bonds. The van der Waals surface area contributed by atoms with Crippen molar-refractivity contribution in [2.24, 2.45) is 0 Å². The van der Waals surface area contributed by atoms with Crippen LogP contribution in [0.25, 0.3) is 0 Å². The quantitative estimate of drug-likeness (QED) is 0.837. The molecule has 1 saturated carbocycles. The van der Waals surface area contributed by atoms with Gasteiger partial charge in [0.05, 0.1) is 31.0 Å². The summed E-state index contributed by atoms with van der Waals surface area (Å²) < 4.78 is 13.5. The van der Waals surface area contributed by atoms with Crippen molar-refractivity contribution >= 4 is 0 Å². The Morgan fingerprint density at radius 1 is 1.33 bits per heavy atom. The molecule has 0 radical (unpaired) electrons. The van der Waals surface area contributed by atoms with E-state index >= 15 is 0 Å². The molecule has 7 heteroatoms. The molecule has 0 spiro atoms. The zero-order valence-corrected chi connectivity index (χ0v) is 14.6. The van der Waals surface area contributed by atoms with E-state index < -0.39 is 0 Å². The van der Waals surface area contributed by atoms with Gasteiger partial charge in [0.25, 0.3) is 0 Å². The Kier molecular flexibility index (Phi) is 4.14. The summed E-state index contributed by atoms with van der Waals surface area (Å²) in [5, 5.41) is 8.68. The Balaban J connectivity index is 1.40. The highest BCUT2D eigenvalue weighted by molar-refractivity contribution is 5.07. The van der Waals surface area contributed by atoms with Crippen LogP contribution in [0.5, 0.6) is 0 Å². The third kappa shape index (κ3) is 3.23. The number of hydrogen-bond donors (Lipinski definition) is 0. The monoisotopic (exact) mass is 331 g/mol. The van der Waals surface area contributed by atoms with Crippen LogP contribution in [0.4, 0.5) is 0 Å². The van der Waals surface area contributed by atoms with Gasteiger partial charge in [-0.2, -0.15) is 10.1 Å². The Bertz CT molecular complexity index is 706. The summed E-state index contributed by atoms with van der Waals surface area (Å²) in [6, 6.07) is 2.22. The fraction of sp³-hybridized carbons (Fsp3) is 0.706. The summed E-state index contributed by atoms with van der Waals surface area (Å²) in [5.41, 5.74) is 2.22. The number of aromatic nitrogens is 4. The van der Waals surface area contributed by atoms with Crippen LogP contribution in [0.1, 0.15) is 54.8 Å². The van der Waals surface area contributed by atoms with Gasteiger partial charge in [-0.05, 0) is 39.7 Å². The van der Waals surface area contributed by atoms with Gasteiger partial charge in [0.2, 0.25) is 5.89 Å². The minimum absolute atomic E-state index is 0.122. The van der Waals surface area contributed by atoms with Crippen LogP contribution in [0.15, 0.2) is 10.6 Å². The molecular weight excluding hydrogens is 306 g/mol. The second-order valence-corrected chi connectivity index (χ2v) is 7.04. The van der Waals surface area contributed by atoms with Gasteiger partial charge in [0.1, 0.15) is 0 Å². The first kappa shape index (κ1) is 15.8. The SMILES string of the molecule is Cc1cc(C)n(C[C@H]2CN([C@H](C)c3nc(C4CC4)no3)CCO2)n1. The molecule has 2 atom stereocenters. The summed E-state index contributed by atoms with van der Waals surface area (Å²) >= 11 is 0. The number of rotatable bonds is 5. The number of nitrogens with zero attached hydrogens (tertiary/aromatic N) is 5. The van der Waals surface area contributed by atoms with E-state index in [-0.39, 0.29) is 12.1 Å². The van der Waals surface area contributed by atoms with E-state index in [1.165, 1.54) is 18.5 Å². The molecule has 24 heavy (non-hydrogen) atoms. The largest absolute Gasteiger partial charge is 0.374 e. The Labute approximate surface area is 142 Å². The molecule has 0 unspecified atom stereocenters. The summed E-state index contributed by atoms with van der Waals surface area (Å²) in [4.78, 5) is 6.96. The van der Waals surface area contributed by atoms with Gasteiger partial charge in [0, 0.05) is 24.7 Å². The molecule has 2 aromatic heterocycles. The fourth-order valence-electron chi connectivity index (χ4n) is 3.34. The Morgan fingerprint density at radius 2 is 2.17 bits per heavy atom. The predicted molar refractivity (Wildman–Crippen MR) is 87.7 cm³/mol. The van der Waals surface area contributed by atoms with Crippen LogP contribution in [0, 0.1) is 13.8 Å². The third-order valence-corrected chi connectivity index (χ3v) is 4.96. The normalized spacial score (nSPS) is 23.5. The van der Waals surface area contributed by atoms with Crippen molar-refractivity contribution in [2.75, 3.05) is 19.7 Å². The van der Waals surface area contributed by atoms with E-state index in [0.717, 1.165) is 43.7 Å². The summed E-state index contributed by atoms with van der Waals surface area (Å²) in [6.07, 6.45) is 2.51. The minimum Gasteiger partial charge on any atom is -0.374 e. The van der Waals surface area contributed by atoms with Crippen LogP contribution in [0.2, 0.25) is 0 Å². The molecular formula is C17H25N5O2. The lowest BCUT2D eigenvalue weighted by atomic mass is 10.2. The first-order valence-corrected chi connectivity index (χ1v) is 8.80. The second kappa shape index (κ2) is 6.29. The minimum atomic E-state index is 0.122. The molecule has 2 aliphatic rings. The maximum atomic E-state index is 5.95. The van der Waals surface area contributed by atoms with E-state index in [2.05, 4.69) is 40.1 Å². The standard InChI is InChI=1S/C17H25N5O2/c1-11-8-12(2)22(19-11)10-15-9-21(6-7-23-15)13(3)17-18-16(20-24-17)14-4-5-14/h8,13-15H,4-7,9-10H2,1-3H3/t13-,15-/m1/s1. The molecule has 0 aromatic carbocycles. The fourth-order valence-corrected chi connectivity index (χ4v) is 3.34. The van der Waals surface area contributed by atoms with Crippen molar-refractivity contribution in [1.29, 1.82) is 0 Å². The van der Waals surface area contributed by atoms with Crippen LogP contribution in [0.3, 0.4) is 0 Å². The third-order valence-electron chi connectivity index (χ3n) is 4.96. The lowest BCUT2D eigenvalue weighted by molar-refractivity contribution is -0.0534. The molecule has 0 bridgehead atoms. The highest BCUT2D eigenvalue weighted by Crippen LogP contribution is 2.38. The van der Waals surface area contributed by atoms with E-state index in [9.17, 15) is 0 Å². The first-order chi connectivity index (χ1) is 11.6. The van der Waals surface area contributed by atoms with Crippen molar-refractivity contribution in [1.82, 2.24) is 24.8 Å². The van der Waals surface area contributed by atoms with E-state index in [4.69, 9.17) is 9.26 Å². The predicted octanol–water partition coefficient (Wildman–Crippen LogP) is 2.22. The van der Waals surface area contributed by atoms with Crippen molar-refractivity contribution in [2.45, 2.75) is 58.2 Å². The Hall–Kier alpha value is -1.73. The van der Waals surface area contributed by atoms with Gasteiger partial charge in [0.15, 0.2) is 5.82 Å². The first-order valence-electron chi connectivity index (χ1n) is 8.80.